The van der Waals surface area contributed by atoms with E-state index in [9.17, 15) is 9.59 Å². The van der Waals surface area contributed by atoms with Gasteiger partial charge in [-0.2, -0.15) is 0 Å². The van der Waals surface area contributed by atoms with Gasteiger partial charge in [0, 0.05) is 5.41 Å². The van der Waals surface area contributed by atoms with Gasteiger partial charge in [0.1, 0.15) is 0 Å². The van der Waals surface area contributed by atoms with Gasteiger partial charge in [-0.15, -0.1) is 0 Å². The van der Waals surface area contributed by atoms with Crippen LogP contribution in [0.2, 0.25) is 0 Å². The van der Waals surface area contributed by atoms with Crippen LogP contribution in [0.4, 0.5) is 0 Å². The molecule has 0 atom stereocenters. The molecule has 0 aliphatic carbocycles. The summed E-state index contributed by atoms with van der Waals surface area (Å²) in [7, 11) is 0. The van der Waals surface area contributed by atoms with Crippen molar-refractivity contribution in [2.45, 2.75) is 153 Å². The summed E-state index contributed by atoms with van der Waals surface area (Å²) in [5.74, 6) is -0.582. The van der Waals surface area contributed by atoms with Crippen molar-refractivity contribution in [2.24, 2.45) is 0 Å². The van der Waals surface area contributed by atoms with E-state index in [1.807, 2.05) is 83.1 Å². The second-order valence-corrected chi connectivity index (χ2v) is 15.8. The molecule has 0 amide bonds. The number of carbonyl (C=O) groups is 2. The molecule has 65 heavy (non-hydrogen) atoms. The molecule has 0 bridgehead atoms. The molecule has 0 aliphatic rings. The Bertz CT molecular complexity index is 1590. The largest absolute Gasteiger partial charge is 0.489 e. The van der Waals surface area contributed by atoms with Crippen LogP contribution in [0.1, 0.15) is 158 Å². The number of ether oxygens (including phenoxy) is 12. The molecule has 0 N–H and O–H groups in total. The average molecular weight is 917 g/mol. The number of carbonyl (C=O) groups excluding carboxylic acids is 2. The van der Waals surface area contributed by atoms with Crippen LogP contribution in [0.25, 0.3) is 0 Å². The highest BCUT2D eigenvalue weighted by atomic mass is 16.6. The van der Waals surface area contributed by atoms with Crippen molar-refractivity contribution >= 4 is 11.9 Å². The molecule has 0 saturated heterocycles. The van der Waals surface area contributed by atoms with Gasteiger partial charge in [-0.05, 0) is 77.4 Å². The fourth-order valence-corrected chi connectivity index (χ4v) is 6.30. The number of hydrogen-bond donors (Lipinski definition) is 0. The Morgan fingerprint density at radius 2 is 0.538 bits per heavy atom. The van der Waals surface area contributed by atoms with Gasteiger partial charge in [-0.1, -0.05) is 83.1 Å². The molecule has 0 aromatic heterocycles. The first-order chi connectivity index (χ1) is 31.3. The molecule has 0 fully saturated rings. The molecule has 0 unspecified atom stereocenters. The molecule has 0 heterocycles. The highest BCUT2D eigenvalue weighted by Gasteiger charge is 2.46. The smallest absolute Gasteiger partial charge is 0.378 e. The summed E-state index contributed by atoms with van der Waals surface area (Å²) in [5, 5.41) is 0. The zero-order valence-corrected chi connectivity index (χ0v) is 41.8. The van der Waals surface area contributed by atoms with Crippen molar-refractivity contribution in [3.05, 3.63) is 35.8 Å². The Morgan fingerprint density at radius 3 is 0.738 bits per heavy atom. The molecular formula is C51H80O14. The number of esters is 2. The average Bonchev–Trinajstić information content (AvgIpc) is 3.29. The van der Waals surface area contributed by atoms with Gasteiger partial charge in [0.15, 0.2) is 34.5 Å². The van der Waals surface area contributed by atoms with E-state index in [0.717, 1.165) is 0 Å². The summed E-state index contributed by atoms with van der Waals surface area (Å²) in [6, 6.07) is 0. The van der Waals surface area contributed by atoms with Crippen molar-refractivity contribution in [2.75, 3.05) is 66.1 Å². The highest BCUT2D eigenvalue weighted by molar-refractivity contribution is 5.91. The third-order valence-electron chi connectivity index (χ3n) is 9.22. The fraction of sp³-hybridized carbons (Fsp3) is 0.647. The van der Waals surface area contributed by atoms with Crippen LogP contribution in [-0.2, 0) is 24.5 Å². The maximum Gasteiger partial charge on any atom is 0.378 e. The van der Waals surface area contributed by atoms with E-state index in [1.54, 1.807) is 0 Å². The van der Waals surface area contributed by atoms with E-state index < -0.39 is 17.4 Å². The predicted octanol–water partition coefficient (Wildman–Crippen LogP) is 12.0. The summed E-state index contributed by atoms with van der Waals surface area (Å²) < 4.78 is 77.1. The molecule has 2 aromatic carbocycles. The van der Waals surface area contributed by atoms with Crippen LogP contribution < -0.4 is 47.4 Å². The minimum Gasteiger partial charge on any atom is -0.489 e. The van der Waals surface area contributed by atoms with Gasteiger partial charge in [0.25, 0.3) is 0 Å². The van der Waals surface area contributed by atoms with Gasteiger partial charge < -0.3 is 56.8 Å². The molecular weight excluding hydrogens is 837 g/mol. The van der Waals surface area contributed by atoms with E-state index in [2.05, 4.69) is 13.2 Å². The highest BCUT2D eigenvalue weighted by Crippen LogP contribution is 2.64. The predicted molar refractivity (Wildman–Crippen MR) is 253 cm³/mol. The fourth-order valence-electron chi connectivity index (χ4n) is 6.30. The van der Waals surface area contributed by atoms with Crippen molar-refractivity contribution in [1.29, 1.82) is 0 Å². The Kier molecular flexibility index (Phi) is 26.0. The van der Waals surface area contributed by atoms with E-state index >= 15 is 0 Å². The number of rotatable bonds is 36. The van der Waals surface area contributed by atoms with Gasteiger partial charge in [-0.25, -0.2) is 9.59 Å². The summed E-state index contributed by atoms with van der Waals surface area (Å²) >= 11 is 0. The zero-order valence-electron chi connectivity index (χ0n) is 41.8. The molecule has 0 radical (unpaired) electrons. The molecule has 2 aromatic rings. The van der Waals surface area contributed by atoms with Crippen molar-refractivity contribution in [3.63, 3.8) is 0 Å². The van der Waals surface area contributed by atoms with Crippen LogP contribution in [-0.4, -0.2) is 78.0 Å². The lowest BCUT2D eigenvalue weighted by Crippen LogP contribution is -2.27. The van der Waals surface area contributed by atoms with E-state index in [4.69, 9.17) is 56.8 Å². The van der Waals surface area contributed by atoms with Gasteiger partial charge in [0.2, 0.25) is 34.5 Å². The van der Waals surface area contributed by atoms with Gasteiger partial charge >= 0.3 is 11.9 Å². The third kappa shape index (κ3) is 15.5. The number of benzene rings is 2. The van der Waals surface area contributed by atoms with Gasteiger partial charge in [-0.3, -0.25) is 0 Å². The van der Waals surface area contributed by atoms with Crippen molar-refractivity contribution in [3.8, 4) is 57.5 Å². The summed E-state index contributed by atoms with van der Waals surface area (Å²) in [4.78, 5) is 27.6. The SMILES string of the molecule is C=C(OCCC)C(=O)Oc1c(OCCC)c(OCCC)c(C(C)(C)c2c(OCCC)c(OCCC)c(OC(=O)C(=C)OCCC)c(OCCC)c2OCCC)c(OCCC)c1OCCC. The Labute approximate surface area is 389 Å². The van der Waals surface area contributed by atoms with Crippen LogP contribution in [0, 0.1) is 0 Å². The summed E-state index contributed by atoms with van der Waals surface area (Å²) in [6.07, 6.45) is 6.25. The third-order valence-corrected chi connectivity index (χ3v) is 9.22. The lowest BCUT2D eigenvalue weighted by atomic mass is 9.75. The molecule has 14 nitrogen and oxygen atoms in total. The number of hydrogen-bond acceptors (Lipinski definition) is 14. The molecule has 14 heteroatoms. The molecule has 0 spiro atoms. The van der Waals surface area contributed by atoms with Crippen LogP contribution in [0.5, 0.6) is 57.5 Å². The van der Waals surface area contributed by atoms with Crippen LogP contribution >= 0.6 is 0 Å². The topological polar surface area (TPSA) is 145 Å². The second kappa shape index (κ2) is 30.1. The molecule has 2 rings (SSSR count). The monoisotopic (exact) mass is 917 g/mol. The first kappa shape index (κ1) is 56.0. The lowest BCUT2D eigenvalue weighted by molar-refractivity contribution is -0.135. The van der Waals surface area contributed by atoms with Crippen molar-refractivity contribution < 1.29 is 66.4 Å². The normalized spacial score (nSPS) is 11.0. The maximum absolute atomic E-state index is 13.8. The summed E-state index contributed by atoms with van der Waals surface area (Å²) in [5.41, 5.74) is -0.294. The maximum atomic E-state index is 13.8. The van der Waals surface area contributed by atoms with E-state index in [0.29, 0.717) is 75.3 Å². The standard InChI is InChI=1S/C51H80O14/c1-15-25-54-35(11)49(52)64-47-43(60-31-21-7)39(56-27-17-3)37(40(57-28-18-4)44(47)61-32-22-8)51(13,14)38-41(58-29-19-5)45(62-33-23-9)48(65-50(53)36(12)55-26-16-2)46(63-34-24-10)42(38)59-30-20-6/h11-12,15-34H2,1-10,13-14H3. The zero-order chi connectivity index (χ0) is 48.4. The Hall–Kier alpha value is -5.14. The van der Waals surface area contributed by atoms with Crippen LogP contribution in [0.3, 0.4) is 0 Å². The first-order valence-corrected chi connectivity index (χ1v) is 23.9. The first-order valence-electron chi connectivity index (χ1n) is 23.9. The van der Waals surface area contributed by atoms with Crippen molar-refractivity contribution in [1.82, 2.24) is 0 Å². The van der Waals surface area contributed by atoms with E-state index in [1.165, 1.54) is 0 Å². The van der Waals surface area contributed by atoms with E-state index in [-0.39, 0.29) is 135 Å². The second-order valence-electron chi connectivity index (χ2n) is 15.8. The van der Waals surface area contributed by atoms with Gasteiger partial charge in [0.05, 0.1) is 77.2 Å². The molecule has 0 aliphatic heterocycles. The Morgan fingerprint density at radius 1 is 0.338 bits per heavy atom. The molecule has 0 saturated carbocycles. The Balaban J connectivity index is 3.56. The minimum absolute atomic E-state index is 0.0356. The quantitative estimate of drug-likeness (QED) is 0.0276. The van der Waals surface area contributed by atoms with Crippen LogP contribution in [0.15, 0.2) is 24.7 Å². The lowest BCUT2D eigenvalue weighted by Gasteiger charge is -2.36. The summed E-state index contributed by atoms with van der Waals surface area (Å²) in [6.45, 7) is 33.8. The molecule has 368 valence electrons. The minimum atomic E-state index is -1.26.